The Morgan fingerprint density at radius 2 is 1.77 bits per heavy atom. The Morgan fingerprint density at radius 3 is 2.48 bits per heavy atom. The molecule has 3 unspecified atom stereocenters. The minimum atomic E-state index is -4.33. The number of aryl methyl sites for hydroxylation is 1. The number of halogens is 1. The third kappa shape index (κ3) is 5.86. The summed E-state index contributed by atoms with van der Waals surface area (Å²) in [6.07, 6.45) is 3.03. The van der Waals surface area contributed by atoms with Crippen molar-refractivity contribution in [2.24, 2.45) is 18.9 Å². The maximum atomic E-state index is 15.4. The minimum absolute atomic E-state index is 0.0163. The lowest BCUT2D eigenvalue weighted by Crippen LogP contribution is -2.44. The van der Waals surface area contributed by atoms with Crippen LogP contribution in [0.1, 0.15) is 49.6 Å². The highest BCUT2D eigenvalue weighted by Gasteiger charge is 2.44. The average molecular weight is 734 g/mol. The monoisotopic (exact) mass is 733 g/mol. The molecule has 4 heterocycles. The number of phenols is 1. The normalized spacial score (nSPS) is 23.6. The van der Waals surface area contributed by atoms with E-state index in [9.17, 15) is 37.5 Å². The first kappa shape index (κ1) is 33.8. The van der Waals surface area contributed by atoms with E-state index in [1.807, 2.05) is 18.2 Å². The molecule has 15 nitrogen and oxygen atoms in total. The quantitative estimate of drug-likeness (QED) is 0.206. The van der Waals surface area contributed by atoms with Gasteiger partial charge >= 0.3 is 15.9 Å². The second-order valence-corrected chi connectivity index (χ2v) is 15.7. The fourth-order valence-corrected chi connectivity index (χ4v) is 9.11. The Hall–Kier alpha value is -5.29. The van der Waals surface area contributed by atoms with Gasteiger partial charge in [-0.3, -0.25) is 33.6 Å². The van der Waals surface area contributed by atoms with E-state index in [0.717, 1.165) is 50.0 Å². The van der Waals surface area contributed by atoms with Crippen LogP contribution in [0.2, 0.25) is 0 Å². The zero-order valence-electron chi connectivity index (χ0n) is 28.1. The highest BCUT2D eigenvalue weighted by Crippen LogP contribution is 2.42. The smallest absolute Gasteiger partial charge is 0.329 e. The van der Waals surface area contributed by atoms with Gasteiger partial charge in [-0.25, -0.2) is 18.2 Å². The largest absolute Gasteiger partial charge is 0.506 e. The van der Waals surface area contributed by atoms with Crippen LogP contribution in [-0.4, -0.2) is 77.4 Å². The van der Waals surface area contributed by atoms with E-state index >= 15 is 4.39 Å². The highest BCUT2D eigenvalue weighted by molar-refractivity contribution is 7.92. The molecule has 3 saturated heterocycles. The summed E-state index contributed by atoms with van der Waals surface area (Å²) in [7, 11) is -2.64. The SMILES string of the molecule is Cn1c(=O)n(C2CCC(=O)NC2=O)c2ccc(C3CCN(CC4CC4C(=O)Nc4ccc5c(F)c(N6CC(=O)NS6(=O)=O)c(O)cc5c4)CC3)cc21. The molecule has 3 aliphatic heterocycles. The van der Waals surface area contributed by atoms with Gasteiger partial charge < -0.3 is 15.3 Å². The van der Waals surface area contributed by atoms with Gasteiger partial charge in [0.25, 0.3) is 5.91 Å². The number of likely N-dealkylation sites (tertiary alicyclic amines) is 1. The molecule has 17 heteroatoms. The number of anilines is 2. The van der Waals surface area contributed by atoms with Crippen LogP contribution in [0, 0.1) is 17.7 Å². The Balaban J connectivity index is 0.873. The van der Waals surface area contributed by atoms with Crippen LogP contribution in [-0.2, 0) is 36.4 Å². The molecule has 1 aromatic heterocycles. The molecule has 4 N–H and O–H groups in total. The van der Waals surface area contributed by atoms with Crippen molar-refractivity contribution in [2.75, 3.05) is 35.8 Å². The fourth-order valence-electron chi connectivity index (χ4n) is 7.95. The molecule has 3 aromatic carbocycles. The summed E-state index contributed by atoms with van der Waals surface area (Å²) in [5, 5.41) is 16.0. The predicted octanol–water partition coefficient (Wildman–Crippen LogP) is 1.95. The Bertz CT molecular complexity index is 2380. The molecule has 0 spiro atoms. The van der Waals surface area contributed by atoms with E-state index in [1.54, 1.807) is 16.3 Å². The third-order valence-corrected chi connectivity index (χ3v) is 12.2. The summed E-state index contributed by atoms with van der Waals surface area (Å²) in [4.78, 5) is 64.5. The number of imide groups is 1. The van der Waals surface area contributed by atoms with E-state index in [1.165, 1.54) is 28.8 Å². The molecule has 8 rings (SSSR count). The zero-order valence-corrected chi connectivity index (χ0v) is 28.9. The molecule has 4 amide bonds. The number of nitrogens with one attached hydrogen (secondary N) is 3. The Labute approximate surface area is 296 Å². The van der Waals surface area contributed by atoms with E-state index in [0.29, 0.717) is 21.4 Å². The van der Waals surface area contributed by atoms with E-state index in [-0.39, 0.29) is 53.0 Å². The lowest BCUT2D eigenvalue weighted by molar-refractivity contribution is -0.135. The summed E-state index contributed by atoms with van der Waals surface area (Å²) in [6.45, 7) is 1.84. The van der Waals surface area contributed by atoms with Gasteiger partial charge in [-0.15, -0.1) is 0 Å². The second kappa shape index (κ2) is 12.4. The maximum absolute atomic E-state index is 15.4. The molecular weight excluding hydrogens is 697 g/mol. The van der Waals surface area contributed by atoms with Crippen LogP contribution in [0.25, 0.3) is 21.8 Å². The standard InChI is InChI=1S/C35H36FN7O8S/c1-40-27-14-19(2-5-25(27)43(35(40)49)26-6-7-29(45)38-34(26)48)18-8-10-41(11-9-18)16-21-13-24(21)33(47)37-22-3-4-23-20(12-22)15-28(44)32(31(23)36)42-17-30(46)39-52(42,50)51/h2-5,12,14-15,18,21,24,26,44H,6-11,13,16-17H2,1H3,(H,37,47)(H,39,46)(H,38,45,48). The van der Waals surface area contributed by atoms with Gasteiger partial charge in [-0.2, -0.15) is 8.42 Å². The Kier molecular flexibility index (Phi) is 8.09. The summed E-state index contributed by atoms with van der Waals surface area (Å²) in [5.41, 5.74) is 2.02. The highest BCUT2D eigenvalue weighted by atomic mass is 32.2. The number of aromatic nitrogens is 2. The van der Waals surface area contributed by atoms with E-state index in [4.69, 9.17) is 0 Å². The number of nitrogens with zero attached hydrogens (tertiary/aromatic N) is 4. The van der Waals surface area contributed by atoms with Crippen LogP contribution in [0.4, 0.5) is 15.8 Å². The molecule has 0 bridgehead atoms. The molecular formula is C35H36FN7O8S. The number of benzene rings is 3. The number of amides is 4. The topological polar surface area (TPSA) is 192 Å². The van der Waals surface area contributed by atoms with Gasteiger partial charge in [0.15, 0.2) is 5.82 Å². The van der Waals surface area contributed by atoms with Crippen LogP contribution in [0.15, 0.2) is 47.3 Å². The Morgan fingerprint density at radius 1 is 1.00 bits per heavy atom. The fraction of sp³-hybridized carbons (Fsp3) is 0.400. The minimum Gasteiger partial charge on any atom is -0.506 e. The molecule has 52 heavy (non-hydrogen) atoms. The predicted molar refractivity (Wildman–Crippen MR) is 187 cm³/mol. The third-order valence-electron chi connectivity index (χ3n) is 10.8. The number of hydrogen-bond acceptors (Lipinski definition) is 9. The summed E-state index contributed by atoms with van der Waals surface area (Å²) in [6, 6.07) is 10.8. The first-order valence-corrected chi connectivity index (χ1v) is 18.6. The molecule has 272 valence electrons. The average Bonchev–Trinajstić information content (AvgIpc) is 3.75. The maximum Gasteiger partial charge on any atom is 0.329 e. The number of phenolic OH excluding ortho intramolecular Hbond substituents is 1. The van der Waals surface area contributed by atoms with Crippen molar-refractivity contribution in [2.45, 2.75) is 44.1 Å². The van der Waals surface area contributed by atoms with Gasteiger partial charge in [0.2, 0.25) is 17.7 Å². The van der Waals surface area contributed by atoms with Crippen LogP contribution < -0.4 is 25.4 Å². The zero-order chi connectivity index (χ0) is 36.6. The van der Waals surface area contributed by atoms with Gasteiger partial charge in [0.1, 0.15) is 24.0 Å². The molecule has 4 fully saturated rings. The number of imidazole rings is 1. The first-order valence-electron chi connectivity index (χ1n) is 17.2. The van der Waals surface area contributed by atoms with Gasteiger partial charge in [-0.1, -0.05) is 6.07 Å². The van der Waals surface area contributed by atoms with Crippen molar-refractivity contribution in [1.29, 1.82) is 0 Å². The van der Waals surface area contributed by atoms with Gasteiger partial charge in [0, 0.05) is 37.0 Å². The first-order chi connectivity index (χ1) is 24.8. The lowest BCUT2D eigenvalue weighted by Gasteiger charge is -2.32. The number of carbonyl (C=O) groups excluding carboxylic acids is 4. The molecule has 4 aromatic rings. The second-order valence-electron chi connectivity index (χ2n) is 14.1. The van der Waals surface area contributed by atoms with Crippen molar-refractivity contribution in [3.05, 3.63) is 64.3 Å². The van der Waals surface area contributed by atoms with Crippen LogP contribution in [0.3, 0.4) is 0 Å². The van der Waals surface area contributed by atoms with Gasteiger partial charge in [-0.05, 0) is 98.0 Å². The van der Waals surface area contributed by atoms with E-state index in [2.05, 4.69) is 15.5 Å². The van der Waals surface area contributed by atoms with Crippen molar-refractivity contribution in [1.82, 2.24) is 24.1 Å². The number of carbonyl (C=O) groups is 4. The molecule has 0 radical (unpaired) electrons. The van der Waals surface area contributed by atoms with Crippen molar-refractivity contribution < 1.29 is 37.1 Å². The molecule has 1 aliphatic carbocycles. The van der Waals surface area contributed by atoms with Crippen LogP contribution in [0.5, 0.6) is 5.75 Å². The number of piperidine rings is 2. The molecule has 1 saturated carbocycles. The van der Waals surface area contributed by atoms with Gasteiger partial charge in [0.05, 0.1) is 11.0 Å². The summed E-state index contributed by atoms with van der Waals surface area (Å²) in [5.74, 6) is -3.15. The van der Waals surface area contributed by atoms with Crippen molar-refractivity contribution >= 4 is 67.0 Å². The number of aromatic hydroxyl groups is 1. The van der Waals surface area contributed by atoms with E-state index < -0.39 is 51.9 Å². The number of hydrogen-bond donors (Lipinski definition) is 4. The van der Waals surface area contributed by atoms with Crippen LogP contribution >= 0.6 is 0 Å². The molecule has 3 atom stereocenters. The summed E-state index contributed by atoms with van der Waals surface area (Å²) >= 11 is 0. The van der Waals surface area contributed by atoms with Crippen molar-refractivity contribution in [3.63, 3.8) is 0 Å². The number of fused-ring (bicyclic) bond motifs is 2. The lowest BCUT2D eigenvalue weighted by atomic mass is 9.89. The summed E-state index contributed by atoms with van der Waals surface area (Å²) < 4.78 is 45.2. The number of rotatable bonds is 7. The molecule has 4 aliphatic rings. The van der Waals surface area contributed by atoms with Crippen molar-refractivity contribution in [3.8, 4) is 5.75 Å².